The van der Waals surface area contributed by atoms with Crippen LogP contribution in [0.3, 0.4) is 0 Å². The molecule has 0 unspecified atom stereocenters. The van der Waals surface area contributed by atoms with Gasteiger partial charge < -0.3 is 4.74 Å². The first-order valence-corrected chi connectivity index (χ1v) is 9.82. The molecule has 0 saturated heterocycles. The number of ether oxygens (including phenoxy) is 1. The summed E-state index contributed by atoms with van der Waals surface area (Å²) in [7, 11) is 0. The highest BCUT2D eigenvalue weighted by molar-refractivity contribution is 7.14. The number of nitrogens with zero attached hydrogens (tertiary/aromatic N) is 2. The number of carbonyl (C=O) groups excluding carboxylic acids is 1. The standard InChI is InChI=1S/C22H15N3O4S/c26-21(18-11-4-5-12-20(18)29-17-9-2-1-3-10-17)24-22-23-19(14-30-22)15-7-6-8-16(13-15)25(27)28/h1-14H,(H,23,24,26). The third-order valence-electron chi connectivity index (χ3n) is 4.18. The number of carbonyl (C=O) groups is 1. The zero-order valence-electron chi connectivity index (χ0n) is 15.5. The Bertz CT molecular complexity index is 1210. The van der Waals surface area contributed by atoms with E-state index in [1.165, 1.54) is 23.5 Å². The summed E-state index contributed by atoms with van der Waals surface area (Å²) < 4.78 is 5.84. The number of nitro benzene ring substituents is 1. The number of benzene rings is 3. The van der Waals surface area contributed by atoms with E-state index in [-0.39, 0.29) is 11.6 Å². The monoisotopic (exact) mass is 417 g/mol. The van der Waals surface area contributed by atoms with E-state index in [9.17, 15) is 14.9 Å². The summed E-state index contributed by atoms with van der Waals surface area (Å²) in [5, 5.41) is 15.9. The number of hydrogen-bond donors (Lipinski definition) is 1. The second-order valence-corrected chi connectivity index (χ2v) is 7.07. The molecule has 1 N–H and O–H groups in total. The topological polar surface area (TPSA) is 94.4 Å². The van der Waals surface area contributed by atoms with Crippen molar-refractivity contribution in [2.75, 3.05) is 5.32 Å². The van der Waals surface area contributed by atoms with Crippen LogP contribution in [0.25, 0.3) is 11.3 Å². The van der Waals surface area contributed by atoms with Crippen LogP contribution < -0.4 is 10.1 Å². The van der Waals surface area contributed by atoms with E-state index in [4.69, 9.17) is 4.74 Å². The van der Waals surface area contributed by atoms with Crippen LogP contribution >= 0.6 is 11.3 Å². The van der Waals surface area contributed by atoms with Crippen LogP contribution in [0.1, 0.15) is 10.4 Å². The molecule has 0 aliphatic heterocycles. The van der Waals surface area contributed by atoms with Gasteiger partial charge in [0.1, 0.15) is 11.5 Å². The van der Waals surface area contributed by atoms with Crippen molar-refractivity contribution in [1.29, 1.82) is 0 Å². The van der Waals surface area contributed by atoms with Gasteiger partial charge in [0, 0.05) is 23.1 Å². The minimum atomic E-state index is -0.456. The van der Waals surface area contributed by atoms with Crippen molar-refractivity contribution >= 4 is 28.1 Å². The van der Waals surface area contributed by atoms with Crippen LogP contribution in [0.5, 0.6) is 11.5 Å². The van der Waals surface area contributed by atoms with Crippen LogP contribution in [0.4, 0.5) is 10.8 Å². The third kappa shape index (κ3) is 4.34. The van der Waals surface area contributed by atoms with E-state index < -0.39 is 4.92 Å². The van der Waals surface area contributed by atoms with Gasteiger partial charge in [-0.15, -0.1) is 11.3 Å². The first-order chi connectivity index (χ1) is 14.6. The predicted molar refractivity (Wildman–Crippen MR) is 115 cm³/mol. The number of nitro groups is 1. The van der Waals surface area contributed by atoms with Gasteiger partial charge in [-0.1, -0.05) is 42.5 Å². The summed E-state index contributed by atoms with van der Waals surface area (Å²) in [5.74, 6) is 0.693. The van der Waals surface area contributed by atoms with Gasteiger partial charge in [0.25, 0.3) is 11.6 Å². The molecule has 0 saturated carbocycles. The maximum Gasteiger partial charge on any atom is 0.270 e. The fourth-order valence-corrected chi connectivity index (χ4v) is 3.48. The molecule has 0 spiro atoms. The molecule has 0 atom stereocenters. The van der Waals surface area contributed by atoms with Crippen LogP contribution in [0.2, 0.25) is 0 Å². The molecule has 148 valence electrons. The Labute approximate surface area is 175 Å². The number of nitrogens with one attached hydrogen (secondary N) is 1. The Hall–Kier alpha value is -4.04. The highest BCUT2D eigenvalue weighted by Gasteiger charge is 2.16. The van der Waals surface area contributed by atoms with Gasteiger partial charge in [0.05, 0.1) is 16.2 Å². The predicted octanol–water partition coefficient (Wildman–Crippen LogP) is 5.76. The molecule has 8 heteroatoms. The lowest BCUT2D eigenvalue weighted by Crippen LogP contribution is -2.12. The number of anilines is 1. The number of hydrogen-bond acceptors (Lipinski definition) is 6. The van der Waals surface area contributed by atoms with Gasteiger partial charge in [-0.05, 0) is 24.3 Å². The average Bonchev–Trinajstić information content (AvgIpc) is 3.23. The zero-order chi connectivity index (χ0) is 20.9. The number of para-hydroxylation sites is 2. The van der Waals surface area contributed by atoms with Gasteiger partial charge >= 0.3 is 0 Å². The van der Waals surface area contributed by atoms with Gasteiger partial charge in [-0.3, -0.25) is 20.2 Å². The summed E-state index contributed by atoms with van der Waals surface area (Å²) in [4.78, 5) is 27.7. The minimum Gasteiger partial charge on any atom is -0.457 e. The maximum atomic E-state index is 12.8. The van der Waals surface area contributed by atoms with Crippen molar-refractivity contribution in [2.24, 2.45) is 0 Å². The lowest BCUT2D eigenvalue weighted by Gasteiger charge is -2.10. The van der Waals surface area contributed by atoms with Crippen LogP contribution in [0, 0.1) is 10.1 Å². The number of rotatable bonds is 6. The van der Waals surface area contributed by atoms with E-state index in [2.05, 4.69) is 10.3 Å². The maximum absolute atomic E-state index is 12.8. The number of amides is 1. The van der Waals surface area contributed by atoms with E-state index in [1.807, 2.05) is 18.2 Å². The number of aromatic nitrogens is 1. The molecule has 30 heavy (non-hydrogen) atoms. The Kier molecular flexibility index (Phi) is 5.49. The first kappa shape index (κ1) is 19.3. The molecule has 4 aromatic rings. The molecule has 0 fully saturated rings. The fraction of sp³-hybridized carbons (Fsp3) is 0. The van der Waals surface area contributed by atoms with Crippen molar-refractivity contribution in [3.8, 4) is 22.8 Å². The normalized spacial score (nSPS) is 10.4. The Balaban J connectivity index is 1.53. The summed E-state index contributed by atoms with van der Waals surface area (Å²) in [6.45, 7) is 0. The summed E-state index contributed by atoms with van der Waals surface area (Å²) in [6.07, 6.45) is 0. The lowest BCUT2D eigenvalue weighted by atomic mass is 10.1. The molecular formula is C22H15N3O4S. The molecular weight excluding hydrogens is 402 g/mol. The summed E-state index contributed by atoms with van der Waals surface area (Å²) in [6, 6.07) is 22.3. The second kappa shape index (κ2) is 8.54. The average molecular weight is 417 g/mol. The van der Waals surface area contributed by atoms with Crippen LogP contribution in [0.15, 0.2) is 84.2 Å². The van der Waals surface area contributed by atoms with Crippen LogP contribution in [-0.4, -0.2) is 15.8 Å². The van der Waals surface area contributed by atoms with Crippen molar-refractivity contribution < 1.29 is 14.5 Å². The quantitative estimate of drug-likeness (QED) is 0.318. The van der Waals surface area contributed by atoms with E-state index in [0.29, 0.717) is 33.5 Å². The third-order valence-corrected chi connectivity index (χ3v) is 4.94. The van der Waals surface area contributed by atoms with Gasteiger partial charge in [-0.2, -0.15) is 0 Å². The molecule has 0 aliphatic rings. The Morgan fingerprint density at radius 3 is 2.57 bits per heavy atom. The first-order valence-electron chi connectivity index (χ1n) is 8.94. The second-order valence-electron chi connectivity index (χ2n) is 6.21. The molecule has 1 amide bonds. The van der Waals surface area contributed by atoms with Crippen molar-refractivity contribution in [1.82, 2.24) is 4.98 Å². The van der Waals surface area contributed by atoms with Crippen molar-refractivity contribution in [3.05, 3.63) is 99.9 Å². The van der Waals surface area contributed by atoms with Gasteiger partial charge in [0.15, 0.2) is 5.13 Å². The smallest absolute Gasteiger partial charge is 0.270 e. The highest BCUT2D eigenvalue weighted by atomic mass is 32.1. The number of thiazole rings is 1. The summed E-state index contributed by atoms with van der Waals surface area (Å²) >= 11 is 1.24. The van der Waals surface area contributed by atoms with E-state index in [0.717, 1.165) is 0 Å². The SMILES string of the molecule is O=C(Nc1nc(-c2cccc([N+](=O)[O-])c2)cs1)c1ccccc1Oc1ccccc1. The number of non-ortho nitro benzene ring substituents is 1. The van der Waals surface area contributed by atoms with Crippen LogP contribution in [-0.2, 0) is 0 Å². The fourth-order valence-electron chi connectivity index (χ4n) is 2.77. The Morgan fingerprint density at radius 2 is 1.77 bits per heavy atom. The van der Waals surface area contributed by atoms with Crippen molar-refractivity contribution in [2.45, 2.75) is 0 Å². The molecule has 0 bridgehead atoms. The zero-order valence-corrected chi connectivity index (χ0v) is 16.3. The Morgan fingerprint density at radius 1 is 1.00 bits per heavy atom. The van der Waals surface area contributed by atoms with Gasteiger partial charge in [-0.25, -0.2) is 4.98 Å². The largest absolute Gasteiger partial charge is 0.457 e. The molecule has 3 aromatic carbocycles. The molecule has 1 heterocycles. The van der Waals surface area contributed by atoms with E-state index >= 15 is 0 Å². The minimum absolute atomic E-state index is 0.0157. The summed E-state index contributed by atoms with van der Waals surface area (Å²) in [5.41, 5.74) is 1.51. The molecule has 4 rings (SSSR count). The van der Waals surface area contributed by atoms with Crippen molar-refractivity contribution in [3.63, 3.8) is 0 Å². The molecule has 0 aliphatic carbocycles. The molecule has 0 radical (unpaired) electrons. The van der Waals surface area contributed by atoms with Gasteiger partial charge in [0.2, 0.25) is 0 Å². The lowest BCUT2D eigenvalue weighted by molar-refractivity contribution is -0.384. The molecule has 1 aromatic heterocycles. The molecule has 7 nitrogen and oxygen atoms in total. The van der Waals surface area contributed by atoms with E-state index in [1.54, 1.807) is 53.9 Å². The highest BCUT2D eigenvalue weighted by Crippen LogP contribution is 2.29.